The molecule has 3 aromatic rings. The van der Waals surface area contributed by atoms with Crippen molar-refractivity contribution < 1.29 is 18.0 Å². The van der Waals surface area contributed by atoms with E-state index >= 15 is 0 Å². The maximum atomic E-state index is 12.7. The number of amides is 1. The number of halogens is 3. The Morgan fingerprint density at radius 2 is 1.94 bits per heavy atom. The van der Waals surface area contributed by atoms with Gasteiger partial charge in [0.1, 0.15) is 5.69 Å². The Kier molecular flexibility index (Phi) is 6.31. The summed E-state index contributed by atoms with van der Waals surface area (Å²) in [4.78, 5) is 27.8. The van der Waals surface area contributed by atoms with Crippen LogP contribution in [-0.4, -0.2) is 26.6 Å². The Hall–Kier alpha value is -3.14. The molecule has 1 N–H and O–H groups in total. The third-order valence-corrected chi connectivity index (χ3v) is 5.95. The van der Waals surface area contributed by atoms with Gasteiger partial charge >= 0.3 is 6.18 Å². The van der Waals surface area contributed by atoms with Gasteiger partial charge in [-0.1, -0.05) is 18.7 Å². The molecule has 6 nitrogen and oxygen atoms in total. The number of alkyl halides is 3. The molecular formula is C22H20F3N5OS. The largest absolute Gasteiger partial charge is 0.416 e. The second-order valence-corrected chi connectivity index (χ2v) is 8.32. The standard InChI is InChI=1S/C22H20F3N5OS/c1-2-9-32-21-27-11-14-12-30(13-19(14)29-21)17-7-8-26-18(10-17)20(31)28-16-5-3-15(4-6-16)22(23,24)25/h3-8,10-11H,2,9,12-13H2,1H3,(H,28,31). The minimum absolute atomic E-state index is 0.170. The van der Waals surface area contributed by atoms with Crippen LogP contribution in [0.3, 0.4) is 0 Å². The Morgan fingerprint density at radius 1 is 1.16 bits per heavy atom. The van der Waals surface area contributed by atoms with Crippen LogP contribution in [0, 0.1) is 0 Å². The first-order chi connectivity index (χ1) is 15.3. The van der Waals surface area contributed by atoms with E-state index in [4.69, 9.17) is 0 Å². The average Bonchev–Trinajstić information content (AvgIpc) is 3.21. The number of anilines is 2. The summed E-state index contributed by atoms with van der Waals surface area (Å²) in [5.74, 6) is 0.464. The number of fused-ring (bicyclic) bond motifs is 1. The Labute approximate surface area is 187 Å². The van der Waals surface area contributed by atoms with Gasteiger partial charge < -0.3 is 10.2 Å². The highest BCUT2D eigenvalue weighted by Gasteiger charge is 2.30. The number of hydrogen-bond donors (Lipinski definition) is 1. The average molecular weight is 459 g/mol. The molecule has 0 spiro atoms. The minimum Gasteiger partial charge on any atom is -0.361 e. The number of aromatic nitrogens is 3. The van der Waals surface area contributed by atoms with Gasteiger partial charge in [0, 0.05) is 41.6 Å². The van der Waals surface area contributed by atoms with Crippen LogP contribution in [0.4, 0.5) is 24.5 Å². The first kappa shape index (κ1) is 22.1. The molecule has 0 unspecified atom stereocenters. The van der Waals surface area contributed by atoms with Crippen molar-refractivity contribution in [1.29, 1.82) is 0 Å². The van der Waals surface area contributed by atoms with E-state index in [1.54, 1.807) is 23.9 Å². The zero-order valence-electron chi connectivity index (χ0n) is 17.2. The predicted molar refractivity (Wildman–Crippen MR) is 117 cm³/mol. The summed E-state index contributed by atoms with van der Waals surface area (Å²) < 4.78 is 38.1. The zero-order valence-corrected chi connectivity index (χ0v) is 18.0. The van der Waals surface area contributed by atoms with Gasteiger partial charge in [-0.25, -0.2) is 9.97 Å². The molecule has 1 aliphatic rings. The van der Waals surface area contributed by atoms with Crippen molar-refractivity contribution >= 4 is 29.0 Å². The maximum Gasteiger partial charge on any atom is 0.416 e. The summed E-state index contributed by atoms with van der Waals surface area (Å²) >= 11 is 1.63. The Morgan fingerprint density at radius 3 is 2.66 bits per heavy atom. The van der Waals surface area contributed by atoms with Crippen LogP contribution in [0.25, 0.3) is 0 Å². The molecule has 4 rings (SSSR count). The molecule has 32 heavy (non-hydrogen) atoms. The van der Waals surface area contributed by atoms with Crippen LogP contribution in [0.15, 0.2) is 53.9 Å². The molecule has 0 saturated carbocycles. The Balaban J connectivity index is 1.44. The van der Waals surface area contributed by atoms with Crippen molar-refractivity contribution in [3.63, 3.8) is 0 Å². The van der Waals surface area contributed by atoms with Crippen molar-refractivity contribution in [3.05, 3.63) is 71.3 Å². The smallest absolute Gasteiger partial charge is 0.361 e. The number of pyridine rings is 1. The van der Waals surface area contributed by atoms with E-state index in [0.717, 1.165) is 46.4 Å². The van der Waals surface area contributed by atoms with Crippen molar-refractivity contribution in [3.8, 4) is 0 Å². The molecule has 3 heterocycles. The van der Waals surface area contributed by atoms with E-state index in [2.05, 4.69) is 32.1 Å². The van der Waals surface area contributed by atoms with Gasteiger partial charge in [0.05, 0.1) is 17.8 Å². The lowest BCUT2D eigenvalue weighted by Crippen LogP contribution is -2.18. The summed E-state index contributed by atoms with van der Waals surface area (Å²) in [5, 5.41) is 3.35. The van der Waals surface area contributed by atoms with E-state index in [-0.39, 0.29) is 11.4 Å². The zero-order chi connectivity index (χ0) is 22.7. The van der Waals surface area contributed by atoms with Crippen LogP contribution < -0.4 is 10.2 Å². The topological polar surface area (TPSA) is 71.0 Å². The van der Waals surface area contributed by atoms with E-state index in [9.17, 15) is 18.0 Å². The lowest BCUT2D eigenvalue weighted by atomic mass is 10.2. The molecule has 166 valence electrons. The Bertz CT molecular complexity index is 1120. The molecule has 0 fully saturated rings. The first-order valence-electron chi connectivity index (χ1n) is 10.0. The molecule has 0 atom stereocenters. The van der Waals surface area contributed by atoms with Gasteiger partial charge in [0.2, 0.25) is 0 Å². The summed E-state index contributed by atoms with van der Waals surface area (Å²) in [5.41, 5.74) is 2.46. The molecule has 2 aromatic heterocycles. The molecule has 1 aromatic carbocycles. The van der Waals surface area contributed by atoms with Gasteiger partial charge in [-0.05, 0) is 42.8 Å². The summed E-state index contributed by atoms with van der Waals surface area (Å²) in [6.45, 7) is 3.33. The van der Waals surface area contributed by atoms with Crippen LogP contribution >= 0.6 is 11.8 Å². The van der Waals surface area contributed by atoms with Crippen LogP contribution in [0.5, 0.6) is 0 Å². The third kappa shape index (κ3) is 5.01. The quantitative estimate of drug-likeness (QED) is 0.405. The molecule has 1 amide bonds. The highest BCUT2D eigenvalue weighted by Crippen LogP contribution is 2.30. The molecule has 10 heteroatoms. The van der Waals surface area contributed by atoms with E-state index in [1.807, 2.05) is 6.20 Å². The third-order valence-electron chi connectivity index (χ3n) is 4.88. The van der Waals surface area contributed by atoms with E-state index in [1.165, 1.54) is 18.3 Å². The van der Waals surface area contributed by atoms with Crippen molar-refractivity contribution in [2.75, 3.05) is 16.0 Å². The monoisotopic (exact) mass is 459 g/mol. The van der Waals surface area contributed by atoms with E-state index in [0.29, 0.717) is 13.1 Å². The molecule has 0 aliphatic carbocycles. The van der Waals surface area contributed by atoms with Gasteiger partial charge in [0.15, 0.2) is 5.16 Å². The van der Waals surface area contributed by atoms with E-state index < -0.39 is 17.6 Å². The lowest BCUT2D eigenvalue weighted by Gasteiger charge is -2.17. The second kappa shape index (κ2) is 9.15. The summed E-state index contributed by atoms with van der Waals surface area (Å²) in [6.07, 6.45) is 0.00502. The number of hydrogen-bond acceptors (Lipinski definition) is 6. The molecule has 0 radical (unpaired) electrons. The highest BCUT2D eigenvalue weighted by molar-refractivity contribution is 7.99. The first-order valence-corrected chi connectivity index (χ1v) is 11.0. The van der Waals surface area contributed by atoms with Crippen LogP contribution in [0.2, 0.25) is 0 Å². The van der Waals surface area contributed by atoms with Crippen LogP contribution in [-0.2, 0) is 19.3 Å². The second-order valence-electron chi connectivity index (χ2n) is 7.26. The van der Waals surface area contributed by atoms with Crippen molar-refractivity contribution in [1.82, 2.24) is 15.0 Å². The van der Waals surface area contributed by atoms with Gasteiger partial charge in [-0.3, -0.25) is 9.78 Å². The summed E-state index contributed by atoms with van der Waals surface area (Å²) in [6, 6.07) is 7.75. The fraction of sp³-hybridized carbons (Fsp3) is 0.273. The van der Waals surface area contributed by atoms with Crippen molar-refractivity contribution in [2.45, 2.75) is 37.8 Å². The lowest BCUT2D eigenvalue weighted by molar-refractivity contribution is -0.137. The maximum absolute atomic E-state index is 12.7. The van der Waals surface area contributed by atoms with Gasteiger partial charge in [-0.2, -0.15) is 13.2 Å². The predicted octanol–water partition coefficient (Wildman–Crippen LogP) is 5.17. The van der Waals surface area contributed by atoms with Gasteiger partial charge in [-0.15, -0.1) is 0 Å². The number of benzene rings is 1. The van der Waals surface area contributed by atoms with Crippen molar-refractivity contribution in [2.24, 2.45) is 0 Å². The SMILES string of the molecule is CCCSc1ncc2c(n1)CN(c1ccnc(C(=O)Nc3ccc(C(F)(F)F)cc3)c1)C2. The number of carbonyl (C=O) groups excluding carboxylic acids is 1. The molecule has 0 saturated heterocycles. The number of rotatable bonds is 6. The molecule has 1 aliphatic heterocycles. The normalized spacial score (nSPS) is 13.2. The van der Waals surface area contributed by atoms with Crippen LogP contribution in [0.1, 0.15) is 40.7 Å². The number of nitrogens with one attached hydrogen (secondary N) is 1. The molecule has 0 bridgehead atoms. The number of nitrogens with zero attached hydrogens (tertiary/aromatic N) is 4. The number of thioether (sulfide) groups is 1. The fourth-order valence-electron chi connectivity index (χ4n) is 3.26. The number of carbonyl (C=O) groups is 1. The molecular weight excluding hydrogens is 439 g/mol. The minimum atomic E-state index is -4.43. The fourth-order valence-corrected chi connectivity index (χ4v) is 3.95. The van der Waals surface area contributed by atoms with Gasteiger partial charge in [0.25, 0.3) is 5.91 Å². The summed E-state index contributed by atoms with van der Waals surface area (Å²) in [7, 11) is 0. The highest BCUT2D eigenvalue weighted by atomic mass is 32.2.